The average Bonchev–Trinajstić information content (AvgIpc) is 2.63. The molecule has 0 bridgehead atoms. The zero-order valence-corrected chi connectivity index (χ0v) is 12.2. The highest BCUT2D eigenvalue weighted by atomic mass is 16.7. The smallest absolute Gasteiger partial charge is 0.199 e. The number of hydrogen-bond acceptors (Lipinski definition) is 4. The van der Waals surface area contributed by atoms with E-state index in [2.05, 4.69) is 16.9 Å². The van der Waals surface area contributed by atoms with Crippen molar-refractivity contribution in [3.8, 4) is 0 Å². The van der Waals surface area contributed by atoms with Gasteiger partial charge in [0.15, 0.2) is 6.29 Å². The molecule has 0 radical (unpaired) electrons. The van der Waals surface area contributed by atoms with E-state index in [1.165, 1.54) is 0 Å². The van der Waals surface area contributed by atoms with E-state index in [4.69, 9.17) is 9.47 Å². The first-order valence-corrected chi connectivity index (χ1v) is 6.61. The van der Waals surface area contributed by atoms with Crippen LogP contribution < -0.4 is 0 Å². The number of ether oxygens (including phenoxy) is 2. The van der Waals surface area contributed by atoms with Crippen molar-refractivity contribution >= 4 is 11.0 Å². The molecule has 104 valence electrons. The first-order valence-electron chi connectivity index (χ1n) is 6.61. The molecule has 0 N–H and O–H groups in total. The summed E-state index contributed by atoms with van der Waals surface area (Å²) in [6.07, 6.45) is 1.24. The van der Waals surface area contributed by atoms with Gasteiger partial charge >= 0.3 is 0 Å². The first-order chi connectivity index (χ1) is 9.11. The molecule has 0 amide bonds. The first kappa shape index (κ1) is 14.0. The van der Waals surface area contributed by atoms with E-state index in [0.717, 1.165) is 28.0 Å². The van der Waals surface area contributed by atoms with Crippen molar-refractivity contribution in [3.05, 3.63) is 23.3 Å². The number of aromatic nitrogens is 3. The molecule has 19 heavy (non-hydrogen) atoms. The Morgan fingerprint density at radius 1 is 1.16 bits per heavy atom. The van der Waals surface area contributed by atoms with Gasteiger partial charge in [-0.1, -0.05) is 0 Å². The third-order valence-electron chi connectivity index (χ3n) is 3.31. The predicted molar refractivity (Wildman–Crippen MR) is 74.0 cm³/mol. The second-order valence-corrected chi connectivity index (χ2v) is 4.47. The lowest BCUT2D eigenvalue weighted by atomic mass is 10.1. The second-order valence-electron chi connectivity index (χ2n) is 4.47. The maximum Gasteiger partial charge on any atom is 0.199 e. The Labute approximate surface area is 113 Å². The molecule has 0 unspecified atom stereocenters. The van der Waals surface area contributed by atoms with E-state index < -0.39 is 0 Å². The van der Waals surface area contributed by atoms with Crippen molar-refractivity contribution in [1.29, 1.82) is 0 Å². The molecule has 0 aromatic carbocycles. The van der Waals surface area contributed by atoms with Crippen molar-refractivity contribution in [1.82, 2.24) is 14.5 Å². The van der Waals surface area contributed by atoms with Crippen molar-refractivity contribution in [2.75, 3.05) is 13.2 Å². The summed E-state index contributed by atoms with van der Waals surface area (Å²) in [7, 11) is 1.99. The molecule has 2 rings (SSSR count). The van der Waals surface area contributed by atoms with Gasteiger partial charge in [-0.25, -0.2) is 9.97 Å². The van der Waals surface area contributed by atoms with Crippen LogP contribution in [0.3, 0.4) is 0 Å². The topological polar surface area (TPSA) is 49.2 Å². The van der Waals surface area contributed by atoms with Gasteiger partial charge in [0, 0.05) is 25.6 Å². The Hall–Kier alpha value is -1.46. The van der Waals surface area contributed by atoms with Crippen molar-refractivity contribution in [2.45, 2.75) is 34.0 Å². The normalized spacial score (nSPS) is 11.7. The summed E-state index contributed by atoms with van der Waals surface area (Å²) in [5.74, 6) is 0. The maximum atomic E-state index is 5.71. The van der Waals surface area contributed by atoms with Crippen molar-refractivity contribution in [2.24, 2.45) is 7.05 Å². The van der Waals surface area contributed by atoms with Gasteiger partial charge in [-0.2, -0.15) is 0 Å². The summed E-state index contributed by atoms with van der Waals surface area (Å²) in [6, 6.07) is 0. The van der Waals surface area contributed by atoms with Gasteiger partial charge < -0.3 is 14.0 Å². The maximum absolute atomic E-state index is 5.71. The van der Waals surface area contributed by atoms with Crippen molar-refractivity contribution < 1.29 is 9.47 Å². The molecule has 2 heterocycles. The van der Waals surface area contributed by atoms with Gasteiger partial charge in [0.1, 0.15) is 12.0 Å². The van der Waals surface area contributed by atoms with Gasteiger partial charge in [-0.3, -0.25) is 0 Å². The number of rotatable bonds is 5. The number of nitrogens with zero attached hydrogens (tertiary/aromatic N) is 3. The zero-order valence-electron chi connectivity index (χ0n) is 12.2. The lowest BCUT2D eigenvalue weighted by molar-refractivity contribution is -0.144. The molecule has 0 atom stereocenters. The second kappa shape index (κ2) is 5.67. The lowest BCUT2D eigenvalue weighted by Crippen LogP contribution is -2.13. The Bertz CT molecular complexity index is 572. The summed E-state index contributed by atoms with van der Waals surface area (Å²) in [4.78, 5) is 8.63. The van der Waals surface area contributed by atoms with E-state index in [9.17, 15) is 0 Å². The molecule has 5 heteroatoms. The van der Waals surface area contributed by atoms with Crippen LogP contribution in [0.2, 0.25) is 0 Å². The van der Waals surface area contributed by atoms with Crippen LogP contribution in [-0.4, -0.2) is 27.7 Å². The highest BCUT2D eigenvalue weighted by molar-refractivity contribution is 5.84. The fraction of sp³-hybridized carbons (Fsp3) is 0.571. The quantitative estimate of drug-likeness (QED) is 0.778. The van der Waals surface area contributed by atoms with E-state index in [0.29, 0.717) is 13.2 Å². The summed E-state index contributed by atoms with van der Waals surface area (Å²) < 4.78 is 13.5. The lowest BCUT2D eigenvalue weighted by Gasteiger charge is -2.18. The molecule has 0 aliphatic rings. The van der Waals surface area contributed by atoms with Crippen LogP contribution >= 0.6 is 0 Å². The Morgan fingerprint density at radius 2 is 1.79 bits per heavy atom. The predicted octanol–water partition coefficient (Wildman–Crippen LogP) is 2.66. The number of aryl methyl sites for hydroxylation is 3. The molecular formula is C14H21N3O2. The molecule has 0 saturated heterocycles. The Morgan fingerprint density at radius 3 is 2.32 bits per heavy atom. The third kappa shape index (κ3) is 2.35. The number of fused-ring (bicyclic) bond motifs is 1. The summed E-state index contributed by atoms with van der Waals surface area (Å²) in [5, 5.41) is 1.09. The largest absolute Gasteiger partial charge is 0.347 e. The minimum absolute atomic E-state index is 0.353. The molecule has 5 nitrogen and oxygen atoms in total. The molecule has 0 aliphatic carbocycles. The highest BCUT2D eigenvalue weighted by Crippen LogP contribution is 2.31. The van der Waals surface area contributed by atoms with Gasteiger partial charge in [0.05, 0.1) is 11.4 Å². The van der Waals surface area contributed by atoms with Crippen molar-refractivity contribution in [3.63, 3.8) is 0 Å². The monoisotopic (exact) mass is 263 g/mol. The highest BCUT2D eigenvalue weighted by Gasteiger charge is 2.23. The van der Waals surface area contributed by atoms with E-state index >= 15 is 0 Å². The Kier molecular flexibility index (Phi) is 4.17. The fourth-order valence-corrected chi connectivity index (χ4v) is 2.49. The van der Waals surface area contributed by atoms with E-state index in [1.807, 2.05) is 32.4 Å². The minimum atomic E-state index is -0.353. The molecule has 0 saturated carbocycles. The van der Waals surface area contributed by atoms with Crippen LogP contribution in [0.15, 0.2) is 6.33 Å². The fourth-order valence-electron chi connectivity index (χ4n) is 2.49. The van der Waals surface area contributed by atoms with Crippen LogP contribution in [0.5, 0.6) is 0 Å². The van der Waals surface area contributed by atoms with Crippen LogP contribution in [0, 0.1) is 13.8 Å². The van der Waals surface area contributed by atoms with Crippen LogP contribution in [-0.2, 0) is 16.5 Å². The Balaban J connectivity index is 2.62. The third-order valence-corrected chi connectivity index (χ3v) is 3.31. The molecule has 0 fully saturated rings. The molecular weight excluding hydrogens is 242 g/mol. The average molecular weight is 263 g/mol. The number of hydrogen-bond donors (Lipinski definition) is 0. The molecule has 0 aliphatic heterocycles. The zero-order chi connectivity index (χ0) is 14.0. The van der Waals surface area contributed by atoms with E-state index in [1.54, 1.807) is 6.33 Å². The molecule has 2 aromatic heterocycles. The van der Waals surface area contributed by atoms with E-state index in [-0.39, 0.29) is 6.29 Å². The molecule has 2 aromatic rings. The van der Waals surface area contributed by atoms with Crippen LogP contribution in [0.1, 0.15) is 37.1 Å². The van der Waals surface area contributed by atoms with Crippen LogP contribution in [0.4, 0.5) is 0 Å². The SMILES string of the molecule is CCOC(OCC)c1c(C)c2c(C)ncnc2n1C. The van der Waals surface area contributed by atoms with Gasteiger partial charge in [-0.05, 0) is 33.3 Å². The van der Waals surface area contributed by atoms with Gasteiger partial charge in [-0.15, -0.1) is 0 Å². The summed E-state index contributed by atoms with van der Waals surface area (Å²) in [6.45, 7) is 9.22. The molecule has 0 spiro atoms. The summed E-state index contributed by atoms with van der Waals surface area (Å²) in [5.41, 5.74) is 4.05. The van der Waals surface area contributed by atoms with Crippen LogP contribution in [0.25, 0.3) is 11.0 Å². The minimum Gasteiger partial charge on any atom is -0.347 e. The summed E-state index contributed by atoms with van der Waals surface area (Å²) >= 11 is 0. The van der Waals surface area contributed by atoms with Gasteiger partial charge in [0.2, 0.25) is 0 Å². The van der Waals surface area contributed by atoms with Gasteiger partial charge in [0.25, 0.3) is 0 Å². The standard InChI is InChI=1S/C14H21N3O2/c1-6-18-14(19-7-2)12-9(3)11-10(4)15-8-16-13(11)17(12)5/h8,14H,6-7H2,1-5H3.